The maximum Gasteiger partial charge on any atom is 0.265 e. The number of carbonyl (C=O) groups excluding carboxylic acids is 1. The average molecular weight is 334 g/mol. The normalized spacial score (nSPS) is 10.9. The summed E-state index contributed by atoms with van der Waals surface area (Å²) in [4.78, 5) is 18.5. The predicted octanol–water partition coefficient (Wildman–Crippen LogP) is 5.12. The van der Waals surface area contributed by atoms with E-state index in [0.29, 0.717) is 10.8 Å². The fourth-order valence-corrected chi connectivity index (χ4v) is 3.20. The number of oxazole rings is 1. The Balaban J connectivity index is 1.55. The molecular weight excluding hydrogens is 320 g/mol. The van der Waals surface area contributed by atoms with Gasteiger partial charge in [0.05, 0.1) is 4.88 Å². The summed E-state index contributed by atoms with van der Waals surface area (Å²) in [6.45, 7) is 1.98. The van der Waals surface area contributed by atoms with E-state index in [4.69, 9.17) is 4.42 Å². The lowest BCUT2D eigenvalue weighted by atomic mass is 10.2. The molecule has 5 heteroatoms. The summed E-state index contributed by atoms with van der Waals surface area (Å²) in [6.07, 6.45) is 0. The van der Waals surface area contributed by atoms with E-state index in [1.165, 1.54) is 11.3 Å². The molecule has 4 nitrogen and oxygen atoms in total. The van der Waals surface area contributed by atoms with E-state index in [9.17, 15) is 4.79 Å². The molecule has 0 bridgehead atoms. The molecule has 4 rings (SSSR count). The van der Waals surface area contributed by atoms with Crippen molar-refractivity contribution >= 4 is 34.0 Å². The second-order valence-corrected chi connectivity index (χ2v) is 6.72. The Kier molecular flexibility index (Phi) is 3.63. The van der Waals surface area contributed by atoms with Gasteiger partial charge in [-0.15, -0.1) is 11.3 Å². The zero-order valence-electron chi connectivity index (χ0n) is 12.9. The minimum absolute atomic E-state index is 0.0947. The molecule has 1 N–H and O–H groups in total. The van der Waals surface area contributed by atoms with E-state index in [0.717, 1.165) is 27.2 Å². The molecule has 0 spiro atoms. The molecule has 0 aliphatic carbocycles. The van der Waals surface area contributed by atoms with Crippen molar-refractivity contribution in [3.8, 4) is 11.5 Å². The van der Waals surface area contributed by atoms with Crippen LogP contribution in [0.1, 0.15) is 14.5 Å². The van der Waals surface area contributed by atoms with Gasteiger partial charge in [0.25, 0.3) is 5.91 Å². The summed E-state index contributed by atoms with van der Waals surface area (Å²) in [7, 11) is 0. The summed E-state index contributed by atoms with van der Waals surface area (Å²) < 4.78 is 5.75. The molecule has 0 unspecified atom stereocenters. The lowest BCUT2D eigenvalue weighted by Gasteiger charge is -2.04. The molecular formula is C19H14N2O2S. The first-order valence-corrected chi connectivity index (χ1v) is 8.34. The monoisotopic (exact) mass is 334 g/mol. The number of hydrogen-bond acceptors (Lipinski definition) is 4. The van der Waals surface area contributed by atoms with Gasteiger partial charge < -0.3 is 9.73 Å². The molecule has 0 saturated heterocycles. The van der Waals surface area contributed by atoms with E-state index < -0.39 is 0 Å². The van der Waals surface area contributed by atoms with Crippen molar-refractivity contribution in [1.29, 1.82) is 0 Å². The number of thiophene rings is 1. The molecule has 0 fully saturated rings. The number of para-hydroxylation sites is 2. The fraction of sp³-hybridized carbons (Fsp3) is 0.0526. The molecule has 0 radical (unpaired) electrons. The van der Waals surface area contributed by atoms with Crippen molar-refractivity contribution in [1.82, 2.24) is 4.98 Å². The van der Waals surface area contributed by atoms with Gasteiger partial charge in [0.1, 0.15) is 5.52 Å². The Morgan fingerprint density at radius 2 is 1.83 bits per heavy atom. The third-order valence-electron chi connectivity index (χ3n) is 3.65. The number of aromatic nitrogens is 1. The van der Waals surface area contributed by atoms with E-state index in [-0.39, 0.29) is 5.91 Å². The molecule has 2 aromatic carbocycles. The number of amides is 1. The summed E-state index contributed by atoms with van der Waals surface area (Å²) >= 11 is 1.48. The molecule has 0 atom stereocenters. The van der Waals surface area contributed by atoms with Crippen LogP contribution in [0.2, 0.25) is 0 Å². The smallest absolute Gasteiger partial charge is 0.265 e. The first-order chi connectivity index (χ1) is 11.7. The molecule has 1 amide bonds. The Morgan fingerprint density at radius 3 is 2.54 bits per heavy atom. The molecule has 2 heterocycles. The molecule has 2 aromatic heterocycles. The third kappa shape index (κ3) is 2.81. The van der Waals surface area contributed by atoms with Gasteiger partial charge in [0.15, 0.2) is 5.58 Å². The van der Waals surface area contributed by atoms with Crippen LogP contribution in [0.4, 0.5) is 5.69 Å². The SMILES string of the molecule is Cc1ccc(C(=O)Nc2ccc(-c3nc4ccccc4o3)cc2)s1. The summed E-state index contributed by atoms with van der Waals surface area (Å²) in [5, 5.41) is 2.90. The minimum Gasteiger partial charge on any atom is -0.436 e. The van der Waals surface area contributed by atoms with Crippen LogP contribution in [0, 0.1) is 6.92 Å². The second-order valence-electron chi connectivity index (χ2n) is 5.43. The van der Waals surface area contributed by atoms with E-state index >= 15 is 0 Å². The van der Waals surface area contributed by atoms with Crippen molar-refractivity contribution in [3.05, 3.63) is 70.4 Å². The summed E-state index contributed by atoms with van der Waals surface area (Å²) in [6, 6.07) is 18.9. The van der Waals surface area contributed by atoms with Crippen LogP contribution in [-0.2, 0) is 0 Å². The number of aryl methyl sites for hydroxylation is 1. The van der Waals surface area contributed by atoms with Crippen molar-refractivity contribution in [2.24, 2.45) is 0 Å². The van der Waals surface area contributed by atoms with Crippen LogP contribution < -0.4 is 5.32 Å². The molecule has 24 heavy (non-hydrogen) atoms. The zero-order valence-corrected chi connectivity index (χ0v) is 13.8. The van der Waals surface area contributed by atoms with Gasteiger partial charge in [-0.1, -0.05) is 12.1 Å². The van der Waals surface area contributed by atoms with Crippen LogP contribution in [0.5, 0.6) is 0 Å². The highest BCUT2D eigenvalue weighted by Crippen LogP contribution is 2.25. The third-order valence-corrected chi connectivity index (χ3v) is 4.65. The maximum absolute atomic E-state index is 12.2. The van der Waals surface area contributed by atoms with Crippen LogP contribution in [0.25, 0.3) is 22.6 Å². The number of anilines is 1. The summed E-state index contributed by atoms with van der Waals surface area (Å²) in [5.74, 6) is 0.477. The number of fused-ring (bicyclic) bond motifs is 1. The van der Waals surface area contributed by atoms with Crippen LogP contribution >= 0.6 is 11.3 Å². The van der Waals surface area contributed by atoms with E-state index in [1.54, 1.807) is 0 Å². The van der Waals surface area contributed by atoms with E-state index in [2.05, 4.69) is 10.3 Å². The van der Waals surface area contributed by atoms with Gasteiger partial charge in [0, 0.05) is 16.1 Å². The quantitative estimate of drug-likeness (QED) is 0.566. The van der Waals surface area contributed by atoms with Gasteiger partial charge in [-0.05, 0) is 55.5 Å². The number of nitrogens with zero attached hydrogens (tertiary/aromatic N) is 1. The van der Waals surface area contributed by atoms with Crippen LogP contribution in [0.15, 0.2) is 65.1 Å². The van der Waals surface area contributed by atoms with E-state index in [1.807, 2.05) is 67.6 Å². The molecule has 0 aliphatic heterocycles. The van der Waals surface area contributed by atoms with Gasteiger partial charge in [-0.25, -0.2) is 4.98 Å². The molecule has 4 aromatic rings. The first-order valence-electron chi connectivity index (χ1n) is 7.53. The van der Waals surface area contributed by atoms with Gasteiger partial charge in [-0.3, -0.25) is 4.79 Å². The molecule has 0 aliphatic rings. The Labute approximate surface area is 142 Å². The number of carbonyl (C=O) groups is 1. The van der Waals surface area contributed by atoms with Crippen LogP contribution in [0.3, 0.4) is 0 Å². The number of hydrogen-bond donors (Lipinski definition) is 1. The minimum atomic E-state index is -0.0947. The number of nitrogens with one attached hydrogen (secondary N) is 1. The second kappa shape index (κ2) is 5.94. The molecule has 0 saturated carbocycles. The van der Waals surface area contributed by atoms with Gasteiger partial charge in [0.2, 0.25) is 5.89 Å². The van der Waals surface area contributed by atoms with Gasteiger partial charge >= 0.3 is 0 Å². The van der Waals surface area contributed by atoms with Crippen molar-refractivity contribution < 1.29 is 9.21 Å². The first kappa shape index (κ1) is 14.7. The topological polar surface area (TPSA) is 55.1 Å². The maximum atomic E-state index is 12.2. The highest BCUT2D eigenvalue weighted by molar-refractivity contribution is 7.14. The summed E-state index contributed by atoms with van der Waals surface area (Å²) in [5.41, 5.74) is 3.21. The number of rotatable bonds is 3. The molecule has 118 valence electrons. The van der Waals surface area contributed by atoms with Crippen molar-refractivity contribution in [3.63, 3.8) is 0 Å². The standard InChI is InChI=1S/C19H14N2O2S/c1-12-6-11-17(24-12)18(22)20-14-9-7-13(8-10-14)19-21-15-4-2-3-5-16(15)23-19/h2-11H,1H3,(H,20,22). The largest absolute Gasteiger partial charge is 0.436 e. The lowest BCUT2D eigenvalue weighted by Crippen LogP contribution is -2.09. The highest BCUT2D eigenvalue weighted by atomic mass is 32.1. The fourth-order valence-electron chi connectivity index (χ4n) is 2.44. The Morgan fingerprint density at radius 1 is 1.04 bits per heavy atom. The van der Waals surface area contributed by atoms with Crippen molar-refractivity contribution in [2.75, 3.05) is 5.32 Å². The number of benzene rings is 2. The van der Waals surface area contributed by atoms with Crippen molar-refractivity contribution in [2.45, 2.75) is 6.92 Å². The highest BCUT2D eigenvalue weighted by Gasteiger charge is 2.10. The Hall–Kier alpha value is -2.92. The van der Waals surface area contributed by atoms with Gasteiger partial charge in [-0.2, -0.15) is 0 Å². The lowest BCUT2D eigenvalue weighted by molar-refractivity contribution is 0.103. The Bertz CT molecular complexity index is 982. The average Bonchev–Trinajstić information content (AvgIpc) is 3.21. The van der Waals surface area contributed by atoms with Crippen LogP contribution in [-0.4, -0.2) is 10.9 Å². The zero-order chi connectivity index (χ0) is 16.5. The predicted molar refractivity (Wildman–Crippen MR) is 96.5 cm³/mol.